The Labute approximate surface area is 118 Å². The average Bonchev–Trinajstić information content (AvgIpc) is 2.73. The molecule has 1 aromatic heterocycles. The summed E-state index contributed by atoms with van der Waals surface area (Å²) < 4.78 is 1.41. The molecule has 1 nitrogen and oxygen atoms in total. The molecule has 3 heteroatoms. The van der Waals surface area contributed by atoms with Crippen LogP contribution in [-0.2, 0) is 0 Å². The molecule has 18 heavy (non-hydrogen) atoms. The maximum absolute atomic E-state index is 3.63. The average molecular weight is 279 g/mol. The fourth-order valence-corrected chi connectivity index (χ4v) is 3.90. The number of fused-ring (bicyclic) bond motifs is 1. The Bertz CT molecular complexity index is 504. The molecule has 1 unspecified atom stereocenters. The van der Waals surface area contributed by atoms with Gasteiger partial charge in [-0.15, -0.1) is 11.3 Å². The van der Waals surface area contributed by atoms with Crippen LogP contribution in [0.3, 0.4) is 0 Å². The minimum Gasteiger partial charge on any atom is -0.309 e. The van der Waals surface area contributed by atoms with Gasteiger partial charge in [-0.2, -0.15) is 11.8 Å². The van der Waals surface area contributed by atoms with E-state index in [0.717, 1.165) is 6.54 Å². The Kier molecular flexibility index (Phi) is 5.10. The van der Waals surface area contributed by atoms with E-state index in [9.17, 15) is 0 Å². The van der Waals surface area contributed by atoms with Gasteiger partial charge in [0.25, 0.3) is 0 Å². The first kappa shape index (κ1) is 13.9. The number of nitrogens with one attached hydrogen (secondary N) is 1. The first-order valence-corrected chi connectivity index (χ1v) is 8.65. The first-order chi connectivity index (χ1) is 8.74. The Morgan fingerprint density at radius 1 is 1.33 bits per heavy atom. The van der Waals surface area contributed by atoms with Crippen molar-refractivity contribution >= 4 is 33.2 Å². The van der Waals surface area contributed by atoms with Gasteiger partial charge in [0.2, 0.25) is 0 Å². The largest absolute Gasteiger partial charge is 0.309 e. The zero-order chi connectivity index (χ0) is 13.0. The maximum Gasteiger partial charge on any atom is 0.0389 e. The number of benzene rings is 1. The zero-order valence-electron chi connectivity index (χ0n) is 11.3. The van der Waals surface area contributed by atoms with E-state index in [1.807, 2.05) is 23.1 Å². The van der Waals surface area contributed by atoms with Gasteiger partial charge in [0.1, 0.15) is 0 Å². The van der Waals surface area contributed by atoms with E-state index in [1.54, 1.807) is 0 Å². The lowest BCUT2D eigenvalue weighted by Crippen LogP contribution is -2.20. The Morgan fingerprint density at radius 2 is 2.11 bits per heavy atom. The van der Waals surface area contributed by atoms with Gasteiger partial charge < -0.3 is 5.32 Å². The highest BCUT2D eigenvalue weighted by Gasteiger charge is 2.13. The van der Waals surface area contributed by atoms with Gasteiger partial charge in [-0.25, -0.2) is 0 Å². The molecule has 2 rings (SSSR count). The van der Waals surface area contributed by atoms with Gasteiger partial charge >= 0.3 is 0 Å². The Morgan fingerprint density at radius 3 is 2.83 bits per heavy atom. The van der Waals surface area contributed by atoms with Crippen molar-refractivity contribution in [3.05, 3.63) is 34.7 Å². The van der Waals surface area contributed by atoms with Crippen LogP contribution in [-0.4, -0.2) is 18.6 Å². The van der Waals surface area contributed by atoms with Gasteiger partial charge in [-0.3, -0.25) is 0 Å². The SMILES string of the molecule is CSCCCNC(C)c1sc2ccccc2c1C. The lowest BCUT2D eigenvalue weighted by molar-refractivity contribution is 0.578. The normalized spacial score (nSPS) is 13.1. The van der Waals surface area contributed by atoms with Crippen LogP contribution in [0.2, 0.25) is 0 Å². The summed E-state index contributed by atoms with van der Waals surface area (Å²) >= 11 is 3.85. The lowest BCUT2D eigenvalue weighted by atomic mass is 10.1. The molecule has 1 aromatic carbocycles. The number of hydrogen-bond acceptors (Lipinski definition) is 3. The van der Waals surface area contributed by atoms with Crippen LogP contribution in [0.4, 0.5) is 0 Å². The molecule has 1 N–H and O–H groups in total. The minimum absolute atomic E-state index is 0.462. The van der Waals surface area contributed by atoms with Gasteiger partial charge in [-0.1, -0.05) is 18.2 Å². The molecule has 0 spiro atoms. The second kappa shape index (κ2) is 6.60. The third-order valence-corrected chi connectivity index (χ3v) is 5.40. The topological polar surface area (TPSA) is 12.0 Å². The first-order valence-electron chi connectivity index (χ1n) is 6.44. The summed E-state index contributed by atoms with van der Waals surface area (Å²) in [4.78, 5) is 1.49. The summed E-state index contributed by atoms with van der Waals surface area (Å²) in [6.07, 6.45) is 3.41. The fourth-order valence-electron chi connectivity index (χ4n) is 2.23. The van der Waals surface area contributed by atoms with Crippen LogP contribution in [0.5, 0.6) is 0 Å². The summed E-state index contributed by atoms with van der Waals surface area (Å²) in [5.74, 6) is 1.24. The molecule has 2 aromatic rings. The predicted octanol–water partition coefficient (Wildman–Crippen LogP) is 4.61. The van der Waals surface area contributed by atoms with E-state index in [0.29, 0.717) is 6.04 Å². The monoisotopic (exact) mass is 279 g/mol. The van der Waals surface area contributed by atoms with E-state index < -0.39 is 0 Å². The molecule has 0 aliphatic heterocycles. The number of rotatable bonds is 6. The minimum atomic E-state index is 0.462. The fraction of sp³-hybridized carbons (Fsp3) is 0.467. The van der Waals surface area contributed by atoms with Crippen LogP contribution >= 0.6 is 23.1 Å². The van der Waals surface area contributed by atoms with E-state index in [1.165, 1.54) is 32.7 Å². The molecule has 1 atom stereocenters. The van der Waals surface area contributed by atoms with Crippen molar-refractivity contribution in [2.24, 2.45) is 0 Å². The van der Waals surface area contributed by atoms with Crippen molar-refractivity contribution in [2.75, 3.05) is 18.6 Å². The van der Waals surface area contributed by atoms with Crippen LogP contribution in [0.15, 0.2) is 24.3 Å². The van der Waals surface area contributed by atoms with Crippen molar-refractivity contribution in [3.8, 4) is 0 Å². The molecular weight excluding hydrogens is 258 g/mol. The number of hydrogen-bond donors (Lipinski definition) is 1. The van der Waals surface area contributed by atoms with Crippen molar-refractivity contribution in [1.82, 2.24) is 5.32 Å². The third kappa shape index (κ3) is 3.08. The second-order valence-electron chi connectivity index (χ2n) is 4.61. The molecule has 0 fully saturated rings. The van der Waals surface area contributed by atoms with E-state index in [-0.39, 0.29) is 0 Å². The highest BCUT2D eigenvalue weighted by atomic mass is 32.2. The third-order valence-electron chi connectivity index (χ3n) is 3.25. The number of thioether (sulfide) groups is 1. The molecule has 0 aliphatic rings. The Hall–Kier alpha value is -0.510. The molecular formula is C15H21NS2. The van der Waals surface area contributed by atoms with Crippen LogP contribution in [0, 0.1) is 6.92 Å². The highest BCUT2D eigenvalue weighted by Crippen LogP contribution is 2.34. The molecule has 0 radical (unpaired) electrons. The van der Waals surface area contributed by atoms with Gasteiger partial charge in [0, 0.05) is 15.6 Å². The number of thiophene rings is 1. The molecule has 0 amide bonds. The standard InChI is InChI=1S/C15H21NS2/c1-11-13-7-4-5-8-14(13)18-15(11)12(2)16-9-6-10-17-3/h4-5,7-8,12,16H,6,9-10H2,1-3H3. The second-order valence-corrected chi connectivity index (χ2v) is 6.68. The smallest absolute Gasteiger partial charge is 0.0389 e. The highest BCUT2D eigenvalue weighted by molar-refractivity contribution is 7.98. The van der Waals surface area contributed by atoms with Crippen molar-refractivity contribution in [2.45, 2.75) is 26.3 Å². The quantitative estimate of drug-likeness (QED) is 0.775. The Balaban J connectivity index is 2.08. The summed E-state index contributed by atoms with van der Waals surface area (Å²) in [5, 5.41) is 5.04. The molecule has 0 bridgehead atoms. The van der Waals surface area contributed by atoms with Crippen LogP contribution in [0.25, 0.3) is 10.1 Å². The predicted molar refractivity (Wildman–Crippen MR) is 86.0 cm³/mol. The van der Waals surface area contributed by atoms with Crippen LogP contribution < -0.4 is 5.32 Å². The molecule has 1 heterocycles. The summed E-state index contributed by atoms with van der Waals surface area (Å²) in [5.41, 5.74) is 1.44. The molecule has 0 aliphatic carbocycles. The molecule has 0 saturated heterocycles. The van der Waals surface area contributed by atoms with Gasteiger partial charge in [-0.05, 0) is 55.8 Å². The summed E-state index contributed by atoms with van der Waals surface area (Å²) in [7, 11) is 0. The summed E-state index contributed by atoms with van der Waals surface area (Å²) in [6.45, 7) is 5.63. The van der Waals surface area contributed by atoms with Gasteiger partial charge in [0.15, 0.2) is 0 Å². The molecule has 98 valence electrons. The van der Waals surface area contributed by atoms with E-state index >= 15 is 0 Å². The lowest BCUT2D eigenvalue weighted by Gasteiger charge is -2.13. The van der Waals surface area contributed by atoms with E-state index in [2.05, 4.69) is 49.7 Å². The number of aryl methyl sites for hydroxylation is 1. The van der Waals surface area contributed by atoms with Crippen molar-refractivity contribution < 1.29 is 0 Å². The van der Waals surface area contributed by atoms with Crippen LogP contribution in [0.1, 0.15) is 29.8 Å². The van der Waals surface area contributed by atoms with Gasteiger partial charge in [0.05, 0.1) is 0 Å². The van der Waals surface area contributed by atoms with Crippen molar-refractivity contribution in [1.29, 1.82) is 0 Å². The zero-order valence-corrected chi connectivity index (χ0v) is 13.0. The maximum atomic E-state index is 3.63. The summed E-state index contributed by atoms with van der Waals surface area (Å²) in [6, 6.07) is 9.16. The molecule has 0 saturated carbocycles. The van der Waals surface area contributed by atoms with Crippen molar-refractivity contribution in [3.63, 3.8) is 0 Å². The van der Waals surface area contributed by atoms with E-state index in [4.69, 9.17) is 0 Å².